The molecular formula is C6H12N4O2S. The highest BCUT2D eigenvalue weighted by Crippen LogP contribution is 2.02. The summed E-state index contributed by atoms with van der Waals surface area (Å²) >= 11 is 0. The number of aromatic nitrogens is 2. The number of rotatable bonds is 4. The van der Waals surface area contributed by atoms with Crippen molar-refractivity contribution in [3.05, 3.63) is 12.5 Å². The molecule has 0 amide bonds. The van der Waals surface area contributed by atoms with Gasteiger partial charge in [0.2, 0.25) is 0 Å². The number of nitrogens with two attached hydrogens (primary N) is 1. The molecule has 0 radical (unpaired) electrons. The predicted molar refractivity (Wildman–Crippen MR) is 47.4 cm³/mol. The molecule has 0 aliphatic heterocycles. The molecule has 0 fully saturated rings. The average Bonchev–Trinajstić information content (AvgIpc) is 2.55. The highest BCUT2D eigenvalue weighted by Gasteiger charge is 2.17. The van der Waals surface area contributed by atoms with Crippen molar-refractivity contribution in [1.82, 2.24) is 14.7 Å². The van der Waals surface area contributed by atoms with Crippen molar-refractivity contribution in [2.75, 3.05) is 6.54 Å². The van der Waals surface area contributed by atoms with Gasteiger partial charge in [0.05, 0.1) is 12.5 Å². The van der Waals surface area contributed by atoms with Gasteiger partial charge in [0.15, 0.2) is 5.03 Å². The van der Waals surface area contributed by atoms with Gasteiger partial charge >= 0.3 is 0 Å². The Balaban J connectivity index is 2.79. The van der Waals surface area contributed by atoms with Crippen molar-refractivity contribution in [3.63, 3.8) is 0 Å². The second-order valence-corrected chi connectivity index (χ2v) is 4.36. The van der Waals surface area contributed by atoms with E-state index in [0.717, 1.165) is 0 Å². The summed E-state index contributed by atoms with van der Waals surface area (Å²) in [5, 5.41) is 0.0489. The quantitative estimate of drug-likeness (QED) is 0.587. The Morgan fingerprint density at radius 2 is 2.46 bits per heavy atom. The van der Waals surface area contributed by atoms with Crippen LogP contribution < -0.4 is 10.5 Å². The van der Waals surface area contributed by atoms with E-state index in [2.05, 4.69) is 14.7 Å². The number of hydrogen-bond acceptors (Lipinski definition) is 4. The molecule has 0 aliphatic rings. The lowest BCUT2D eigenvalue weighted by Crippen LogP contribution is -2.37. The van der Waals surface area contributed by atoms with Gasteiger partial charge in [-0.2, -0.15) is 0 Å². The molecule has 1 atom stereocenters. The Morgan fingerprint density at radius 3 is 2.92 bits per heavy atom. The Kier molecular flexibility index (Phi) is 3.02. The fourth-order valence-electron chi connectivity index (χ4n) is 0.767. The number of imidazole rings is 1. The van der Waals surface area contributed by atoms with Gasteiger partial charge in [-0.05, 0) is 6.92 Å². The van der Waals surface area contributed by atoms with Gasteiger partial charge in [0, 0.05) is 12.6 Å². The van der Waals surface area contributed by atoms with Gasteiger partial charge in [-0.25, -0.2) is 18.1 Å². The largest absolute Gasteiger partial charge is 0.335 e. The standard InChI is InChI=1S/C6H12N4O2S/c1-5(2-7)10-13(11,12)6-3-8-4-9-6/h3-5,10H,2,7H2,1H3,(H,8,9)/t5-/m0/s1. The van der Waals surface area contributed by atoms with E-state index in [-0.39, 0.29) is 17.6 Å². The molecule has 0 saturated carbocycles. The summed E-state index contributed by atoms with van der Waals surface area (Å²) in [4.78, 5) is 6.12. The van der Waals surface area contributed by atoms with Crippen LogP contribution in [0, 0.1) is 0 Å². The van der Waals surface area contributed by atoms with Crippen molar-refractivity contribution < 1.29 is 8.42 Å². The Hall–Kier alpha value is -0.920. The number of H-pyrrole nitrogens is 1. The molecule has 0 saturated heterocycles. The summed E-state index contributed by atoms with van der Waals surface area (Å²) in [7, 11) is -3.48. The fourth-order valence-corrected chi connectivity index (χ4v) is 1.93. The van der Waals surface area contributed by atoms with Crippen LogP contribution in [0.4, 0.5) is 0 Å². The van der Waals surface area contributed by atoms with Crippen LogP contribution in [0.5, 0.6) is 0 Å². The maximum Gasteiger partial charge on any atom is 0.257 e. The first-order valence-electron chi connectivity index (χ1n) is 3.77. The van der Waals surface area contributed by atoms with Crippen molar-refractivity contribution in [1.29, 1.82) is 0 Å². The molecule has 7 heteroatoms. The van der Waals surface area contributed by atoms with E-state index in [1.807, 2.05) is 0 Å². The molecule has 0 bridgehead atoms. The second-order valence-electron chi connectivity index (χ2n) is 2.67. The van der Waals surface area contributed by atoms with E-state index in [1.54, 1.807) is 6.92 Å². The zero-order chi connectivity index (χ0) is 9.90. The summed E-state index contributed by atoms with van der Waals surface area (Å²) in [5.74, 6) is 0. The summed E-state index contributed by atoms with van der Waals surface area (Å²) in [5.41, 5.74) is 5.28. The smallest absolute Gasteiger partial charge is 0.257 e. The zero-order valence-corrected chi connectivity index (χ0v) is 8.00. The van der Waals surface area contributed by atoms with Crippen LogP contribution in [0.2, 0.25) is 0 Å². The number of nitrogens with zero attached hydrogens (tertiary/aromatic N) is 1. The van der Waals surface area contributed by atoms with Crippen LogP contribution in [-0.4, -0.2) is 31.0 Å². The predicted octanol–water partition coefficient (Wildman–Crippen LogP) is -0.965. The van der Waals surface area contributed by atoms with Gasteiger partial charge in [0.25, 0.3) is 10.0 Å². The van der Waals surface area contributed by atoms with E-state index in [9.17, 15) is 8.42 Å². The topological polar surface area (TPSA) is 101 Å². The normalized spacial score (nSPS) is 14.3. The summed E-state index contributed by atoms with van der Waals surface area (Å²) < 4.78 is 25.2. The van der Waals surface area contributed by atoms with Crippen molar-refractivity contribution in [3.8, 4) is 0 Å². The lowest BCUT2D eigenvalue weighted by molar-refractivity contribution is 0.559. The zero-order valence-electron chi connectivity index (χ0n) is 7.19. The molecule has 0 aliphatic carbocycles. The molecule has 0 unspecified atom stereocenters. The van der Waals surface area contributed by atoms with E-state index in [0.29, 0.717) is 0 Å². The SMILES string of the molecule is C[C@@H](CN)NS(=O)(=O)c1cnc[nH]1. The maximum atomic E-state index is 11.4. The fraction of sp³-hybridized carbons (Fsp3) is 0.500. The molecule has 1 heterocycles. The first-order valence-corrected chi connectivity index (χ1v) is 5.25. The molecule has 1 aromatic heterocycles. The Labute approximate surface area is 76.6 Å². The summed E-state index contributed by atoms with van der Waals surface area (Å²) in [6.07, 6.45) is 2.55. The molecule has 0 aromatic carbocycles. The second kappa shape index (κ2) is 3.86. The summed E-state index contributed by atoms with van der Waals surface area (Å²) in [6.45, 7) is 1.95. The van der Waals surface area contributed by atoms with Crippen LogP contribution in [0.3, 0.4) is 0 Å². The first-order chi connectivity index (χ1) is 6.06. The molecule has 1 aromatic rings. The van der Waals surface area contributed by atoms with E-state index in [1.165, 1.54) is 12.5 Å². The van der Waals surface area contributed by atoms with Crippen LogP contribution in [-0.2, 0) is 10.0 Å². The van der Waals surface area contributed by atoms with Crippen molar-refractivity contribution in [2.45, 2.75) is 18.0 Å². The molecule has 4 N–H and O–H groups in total. The van der Waals surface area contributed by atoms with Crippen LogP contribution in [0.1, 0.15) is 6.92 Å². The Bertz CT molecular complexity index is 345. The van der Waals surface area contributed by atoms with Crippen LogP contribution in [0.15, 0.2) is 17.6 Å². The number of nitrogens with one attached hydrogen (secondary N) is 2. The number of sulfonamides is 1. The minimum Gasteiger partial charge on any atom is -0.335 e. The van der Waals surface area contributed by atoms with Gasteiger partial charge in [-0.3, -0.25) is 0 Å². The molecule has 6 nitrogen and oxygen atoms in total. The van der Waals surface area contributed by atoms with Gasteiger partial charge in [-0.1, -0.05) is 0 Å². The lowest BCUT2D eigenvalue weighted by Gasteiger charge is -2.09. The van der Waals surface area contributed by atoms with Gasteiger partial charge in [0.1, 0.15) is 0 Å². The molecular weight excluding hydrogens is 192 g/mol. The minimum absolute atomic E-state index is 0.0489. The first kappa shape index (κ1) is 10.2. The maximum absolute atomic E-state index is 11.4. The van der Waals surface area contributed by atoms with Crippen LogP contribution >= 0.6 is 0 Å². The Morgan fingerprint density at radius 1 is 1.77 bits per heavy atom. The van der Waals surface area contributed by atoms with Crippen molar-refractivity contribution in [2.24, 2.45) is 5.73 Å². The third kappa shape index (κ3) is 2.51. The molecule has 0 spiro atoms. The number of hydrogen-bond donors (Lipinski definition) is 3. The monoisotopic (exact) mass is 204 g/mol. The average molecular weight is 204 g/mol. The minimum atomic E-state index is -3.48. The lowest BCUT2D eigenvalue weighted by atomic mass is 10.4. The highest BCUT2D eigenvalue weighted by atomic mass is 32.2. The van der Waals surface area contributed by atoms with Gasteiger partial charge in [-0.15, -0.1) is 0 Å². The van der Waals surface area contributed by atoms with Crippen LogP contribution in [0.25, 0.3) is 0 Å². The third-order valence-electron chi connectivity index (χ3n) is 1.47. The molecule has 74 valence electrons. The van der Waals surface area contributed by atoms with E-state index in [4.69, 9.17) is 5.73 Å². The molecule has 1 rings (SSSR count). The van der Waals surface area contributed by atoms with E-state index >= 15 is 0 Å². The number of aromatic amines is 1. The highest BCUT2D eigenvalue weighted by molar-refractivity contribution is 7.89. The molecule has 13 heavy (non-hydrogen) atoms. The third-order valence-corrected chi connectivity index (χ3v) is 2.99. The van der Waals surface area contributed by atoms with Crippen molar-refractivity contribution >= 4 is 10.0 Å². The van der Waals surface area contributed by atoms with E-state index < -0.39 is 10.0 Å². The summed E-state index contributed by atoms with van der Waals surface area (Å²) in [6, 6.07) is -0.284. The van der Waals surface area contributed by atoms with Gasteiger partial charge < -0.3 is 10.7 Å².